The van der Waals surface area contributed by atoms with Gasteiger partial charge in [-0.1, -0.05) is 69.1 Å². The van der Waals surface area contributed by atoms with Gasteiger partial charge in [-0.3, -0.25) is 0 Å². The molecule has 0 aliphatic rings. The first-order chi connectivity index (χ1) is 10.3. The maximum Gasteiger partial charge on any atom is 0.129 e. The van der Waals surface area contributed by atoms with Gasteiger partial charge in [0.05, 0.1) is 0 Å². The number of carbonyl (C=O) groups is 1. The molecule has 1 nitrogen and oxygen atoms in total. The van der Waals surface area contributed by atoms with Gasteiger partial charge >= 0.3 is 0 Å². The van der Waals surface area contributed by atoms with Crippen LogP contribution >= 0.6 is 0 Å². The van der Waals surface area contributed by atoms with Crippen LogP contribution in [0, 0.1) is 0 Å². The van der Waals surface area contributed by atoms with Crippen LogP contribution in [0.1, 0.15) is 84.5 Å². The summed E-state index contributed by atoms with van der Waals surface area (Å²) in [4.78, 5) is 10.8. The minimum Gasteiger partial charge on any atom is -0.300 e. The van der Waals surface area contributed by atoms with E-state index in [-0.39, 0.29) is 0 Å². The van der Waals surface area contributed by atoms with Gasteiger partial charge in [-0.25, -0.2) is 0 Å². The molecule has 0 bridgehead atoms. The van der Waals surface area contributed by atoms with E-state index in [1.165, 1.54) is 44.9 Å². The molecule has 120 valence electrons. The van der Waals surface area contributed by atoms with E-state index in [0.717, 1.165) is 25.7 Å². The summed E-state index contributed by atoms with van der Waals surface area (Å²) in [5.74, 6) is 0.326. The number of carbonyl (C=O) groups excluding carboxylic acids is 1. The van der Waals surface area contributed by atoms with Crippen LogP contribution in [0.25, 0.3) is 0 Å². The maximum atomic E-state index is 10.8. The average Bonchev–Trinajstić information content (AvgIpc) is 2.46. The summed E-state index contributed by atoms with van der Waals surface area (Å²) in [5, 5.41) is 0. The SMILES string of the molecule is CCC/C=C/C/C=C/C/C=C/CCCCCCCC(C)=O. The van der Waals surface area contributed by atoms with Crippen molar-refractivity contribution >= 4 is 5.78 Å². The monoisotopic (exact) mass is 290 g/mol. The van der Waals surface area contributed by atoms with E-state index in [2.05, 4.69) is 43.4 Å². The second-order valence-corrected chi connectivity index (χ2v) is 5.68. The van der Waals surface area contributed by atoms with E-state index in [9.17, 15) is 4.79 Å². The molecule has 0 aliphatic carbocycles. The lowest BCUT2D eigenvalue weighted by Crippen LogP contribution is -1.89. The van der Waals surface area contributed by atoms with Crippen molar-refractivity contribution in [1.29, 1.82) is 0 Å². The van der Waals surface area contributed by atoms with Crippen molar-refractivity contribution in [3.63, 3.8) is 0 Å². The number of rotatable bonds is 14. The highest BCUT2D eigenvalue weighted by Crippen LogP contribution is 2.08. The summed E-state index contributed by atoms with van der Waals surface area (Å²) in [6.07, 6.45) is 26.2. The molecule has 0 aromatic rings. The molecule has 0 amide bonds. The van der Waals surface area contributed by atoms with Crippen LogP contribution in [-0.4, -0.2) is 5.78 Å². The highest BCUT2D eigenvalue weighted by Gasteiger charge is 1.93. The van der Waals surface area contributed by atoms with Gasteiger partial charge in [0.1, 0.15) is 5.78 Å². The molecule has 0 fully saturated rings. The van der Waals surface area contributed by atoms with Crippen LogP contribution in [0.15, 0.2) is 36.5 Å². The van der Waals surface area contributed by atoms with Gasteiger partial charge < -0.3 is 4.79 Å². The number of unbranched alkanes of at least 4 members (excludes halogenated alkanes) is 6. The van der Waals surface area contributed by atoms with Gasteiger partial charge in [0.15, 0.2) is 0 Å². The molecule has 0 rings (SSSR count). The lowest BCUT2D eigenvalue weighted by atomic mass is 10.1. The van der Waals surface area contributed by atoms with Crippen LogP contribution in [0.3, 0.4) is 0 Å². The summed E-state index contributed by atoms with van der Waals surface area (Å²) in [7, 11) is 0. The molecule has 0 saturated carbocycles. The highest BCUT2D eigenvalue weighted by molar-refractivity contribution is 5.75. The summed E-state index contributed by atoms with van der Waals surface area (Å²) in [6.45, 7) is 3.89. The van der Waals surface area contributed by atoms with Gasteiger partial charge in [0, 0.05) is 6.42 Å². The van der Waals surface area contributed by atoms with Crippen molar-refractivity contribution < 1.29 is 4.79 Å². The fourth-order valence-electron chi connectivity index (χ4n) is 2.11. The molecule has 0 aliphatic heterocycles. The minimum atomic E-state index is 0.326. The fraction of sp³-hybridized carbons (Fsp3) is 0.650. The zero-order valence-electron chi connectivity index (χ0n) is 14.2. The van der Waals surface area contributed by atoms with Gasteiger partial charge in [0.25, 0.3) is 0 Å². The van der Waals surface area contributed by atoms with Crippen LogP contribution < -0.4 is 0 Å². The van der Waals surface area contributed by atoms with Crippen molar-refractivity contribution in [2.45, 2.75) is 84.5 Å². The Balaban J connectivity index is 3.25. The molecule has 1 heteroatoms. The number of hydrogen-bond donors (Lipinski definition) is 0. The lowest BCUT2D eigenvalue weighted by molar-refractivity contribution is -0.117. The molecule has 0 heterocycles. The third-order valence-corrected chi connectivity index (χ3v) is 3.40. The summed E-state index contributed by atoms with van der Waals surface area (Å²) in [5.41, 5.74) is 0. The van der Waals surface area contributed by atoms with E-state index in [1.807, 2.05) is 0 Å². The Morgan fingerprint density at radius 3 is 1.86 bits per heavy atom. The third-order valence-electron chi connectivity index (χ3n) is 3.40. The topological polar surface area (TPSA) is 17.1 Å². The van der Waals surface area contributed by atoms with Gasteiger partial charge in [-0.2, -0.15) is 0 Å². The Bertz CT molecular complexity index is 310. The van der Waals surface area contributed by atoms with Crippen LogP contribution in [0.5, 0.6) is 0 Å². The van der Waals surface area contributed by atoms with Crippen molar-refractivity contribution in [2.24, 2.45) is 0 Å². The fourth-order valence-corrected chi connectivity index (χ4v) is 2.11. The average molecular weight is 290 g/mol. The third kappa shape index (κ3) is 18.9. The first-order valence-corrected chi connectivity index (χ1v) is 8.71. The van der Waals surface area contributed by atoms with Crippen molar-refractivity contribution in [3.8, 4) is 0 Å². The molecule has 0 radical (unpaired) electrons. The van der Waals surface area contributed by atoms with Crippen LogP contribution in [0.4, 0.5) is 0 Å². The van der Waals surface area contributed by atoms with Gasteiger partial charge in [0.2, 0.25) is 0 Å². The first-order valence-electron chi connectivity index (χ1n) is 8.71. The van der Waals surface area contributed by atoms with Crippen molar-refractivity contribution in [2.75, 3.05) is 0 Å². The highest BCUT2D eigenvalue weighted by atomic mass is 16.1. The van der Waals surface area contributed by atoms with E-state index < -0.39 is 0 Å². The molecular formula is C20H34O. The summed E-state index contributed by atoms with van der Waals surface area (Å²) >= 11 is 0. The van der Waals surface area contributed by atoms with Crippen molar-refractivity contribution in [1.82, 2.24) is 0 Å². The quantitative estimate of drug-likeness (QED) is 0.262. The molecule has 0 atom stereocenters. The number of hydrogen-bond acceptors (Lipinski definition) is 1. The molecule has 0 aromatic heterocycles. The van der Waals surface area contributed by atoms with E-state index in [4.69, 9.17) is 0 Å². The molecule has 0 N–H and O–H groups in total. The second-order valence-electron chi connectivity index (χ2n) is 5.68. The van der Waals surface area contributed by atoms with Gasteiger partial charge in [-0.15, -0.1) is 0 Å². The number of allylic oxidation sites excluding steroid dienone is 6. The largest absolute Gasteiger partial charge is 0.300 e. The Morgan fingerprint density at radius 1 is 0.714 bits per heavy atom. The Hall–Kier alpha value is -1.11. The van der Waals surface area contributed by atoms with Crippen LogP contribution in [0.2, 0.25) is 0 Å². The summed E-state index contributed by atoms with van der Waals surface area (Å²) in [6, 6.07) is 0. The zero-order chi connectivity index (χ0) is 15.6. The van der Waals surface area contributed by atoms with E-state index >= 15 is 0 Å². The number of Topliss-reactive ketones (excluding diaryl/α,β-unsaturated/α-hetero) is 1. The van der Waals surface area contributed by atoms with Crippen LogP contribution in [-0.2, 0) is 4.79 Å². The Morgan fingerprint density at radius 2 is 1.24 bits per heavy atom. The predicted octanol–water partition coefficient (Wildman–Crippen LogP) is 6.56. The smallest absolute Gasteiger partial charge is 0.129 e. The molecular weight excluding hydrogens is 256 g/mol. The first kappa shape index (κ1) is 19.9. The molecule has 0 unspecified atom stereocenters. The standard InChI is InChI=1S/C20H34O/c1-3-4-5-6-7-8-9-10-11-12-13-14-15-16-17-18-19-20(2)21/h5-6,8-9,11-12H,3-4,7,10,13-19H2,1-2H3/b6-5+,9-8+,12-11+. The molecule has 21 heavy (non-hydrogen) atoms. The normalized spacial score (nSPS) is 12.1. The van der Waals surface area contributed by atoms with Gasteiger partial charge in [-0.05, 0) is 45.4 Å². The Kier molecular flexibility index (Phi) is 16.0. The summed E-state index contributed by atoms with van der Waals surface area (Å²) < 4.78 is 0. The Labute approximate surface area is 132 Å². The number of ketones is 1. The predicted molar refractivity (Wildman–Crippen MR) is 94.6 cm³/mol. The molecule has 0 saturated heterocycles. The minimum absolute atomic E-state index is 0.326. The van der Waals surface area contributed by atoms with Crippen molar-refractivity contribution in [3.05, 3.63) is 36.5 Å². The maximum absolute atomic E-state index is 10.8. The lowest BCUT2D eigenvalue weighted by Gasteiger charge is -1.98. The van der Waals surface area contributed by atoms with E-state index in [1.54, 1.807) is 6.92 Å². The second kappa shape index (κ2) is 16.9. The molecule has 0 spiro atoms. The van der Waals surface area contributed by atoms with E-state index in [0.29, 0.717) is 5.78 Å². The molecule has 0 aromatic carbocycles. The zero-order valence-corrected chi connectivity index (χ0v) is 14.2.